The van der Waals surface area contributed by atoms with Gasteiger partial charge in [0.1, 0.15) is 12.4 Å². The van der Waals surface area contributed by atoms with Crippen LogP contribution in [0.1, 0.15) is 52.1 Å². The molecule has 0 aromatic heterocycles. The summed E-state index contributed by atoms with van der Waals surface area (Å²) in [7, 11) is 1.35. The Morgan fingerprint density at radius 2 is 1.87 bits per heavy atom. The molecule has 0 aliphatic carbocycles. The number of carboxylic acid groups (broad SMARTS) is 1. The summed E-state index contributed by atoms with van der Waals surface area (Å²) in [6, 6.07) is 8.24. The molecule has 0 aliphatic heterocycles. The Kier molecular flexibility index (Phi) is 8.07. The largest absolute Gasteiger partial charge is 0.493 e. The molecule has 0 bridgehead atoms. The molecule has 0 amide bonds. The molecule has 1 atom stereocenters. The van der Waals surface area contributed by atoms with Crippen molar-refractivity contribution in [1.29, 1.82) is 0 Å². The SMILES string of the molecule is COc1cc(C(C)OC(=O)c2ccc(C=O)cc2)c([N+](=O)[O-])cc1OCCCC(=O)O. The van der Waals surface area contributed by atoms with Crippen molar-refractivity contribution in [2.75, 3.05) is 13.7 Å². The number of benzene rings is 2. The number of aldehydes is 1. The molecule has 164 valence electrons. The van der Waals surface area contributed by atoms with Crippen LogP contribution in [0.25, 0.3) is 0 Å². The number of nitro benzene ring substituents is 1. The van der Waals surface area contributed by atoms with Crippen molar-refractivity contribution >= 4 is 23.9 Å². The second-order valence-electron chi connectivity index (χ2n) is 6.45. The molecule has 1 unspecified atom stereocenters. The minimum absolute atomic E-state index is 0.0283. The minimum atomic E-state index is -0.992. The van der Waals surface area contributed by atoms with Crippen molar-refractivity contribution in [2.45, 2.75) is 25.9 Å². The van der Waals surface area contributed by atoms with Crippen LogP contribution in [0.5, 0.6) is 11.5 Å². The number of esters is 1. The van der Waals surface area contributed by atoms with Gasteiger partial charge in [-0.25, -0.2) is 4.79 Å². The van der Waals surface area contributed by atoms with Gasteiger partial charge in [-0.3, -0.25) is 19.7 Å². The number of carbonyl (C=O) groups is 3. The van der Waals surface area contributed by atoms with E-state index in [2.05, 4.69) is 0 Å². The molecule has 0 radical (unpaired) electrons. The number of aliphatic carboxylic acids is 1. The summed E-state index contributed by atoms with van der Waals surface area (Å²) in [5.41, 5.74) is 0.331. The standard InChI is InChI=1S/C21H21NO9/c1-13(31-21(26)15-7-5-14(12-23)6-8-15)16-10-18(29-2)19(11-17(16)22(27)28)30-9-3-4-20(24)25/h5-8,10-13H,3-4,9H2,1-2H3,(H,24,25). The lowest BCUT2D eigenvalue weighted by atomic mass is 10.1. The molecule has 10 nitrogen and oxygen atoms in total. The quantitative estimate of drug-likeness (QED) is 0.186. The van der Waals surface area contributed by atoms with Crippen molar-refractivity contribution in [3.8, 4) is 11.5 Å². The lowest BCUT2D eigenvalue weighted by Gasteiger charge is -2.17. The van der Waals surface area contributed by atoms with E-state index in [1.54, 1.807) is 0 Å². The number of carbonyl (C=O) groups excluding carboxylic acids is 2. The Balaban J connectivity index is 2.24. The number of hydrogen-bond acceptors (Lipinski definition) is 8. The average Bonchev–Trinajstić information content (AvgIpc) is 2.75. The minimum Gasteiger partial charge on any atom is -0.493 e. The summed E-state index contributed by atoms with van der Waals surface area (Å²) in [5, 5.41) is 20.3. The van der Waals surface area contributed by atoms with Crippen LogP contribution in [-0.2, 0) is 9.53 Å². The normalized spacial score (nSPS) is 11.3. The molecule has 31 heavy (non-hydrogen) atoms. The van der Waals surface area contributed by atoms with Crippen molar-refractivity contribution < 1.29 is 38.6 Å². The first-order valence-electron chi connectivity index (χ1n) is 9.24. The highest BCUT2D eigenvalue weighted by Crippen LogP contribution is 2.38. The monoisotopic (exact) mass is 431 g/mol. The first-order valence-corrected chi connectivity index (χ1v) is 9.24. The number of hydrogen-bond donors (Lipinski definition) is 1. The average molecular weight is 431 g/mol. The molecule has 2 rings (SSSR count). The van der Waals surface area contributed by atoms with Crippen LogP contribution in [-0.4, -0.2) is 42.0 Å². The van der Waals surface area contributed by atoms with E-state index in [1.165, 1.54) is 44.4 Å². The fraction of sp³-hybridized carbons (Fsp3) is 0.286. The Labute approximate surface area is 177 Å². The molecule has 2 aromatic carbocycles. The van der Waals surface area contributed by atoms with Crippen molar-refractivity contribution in [2.24, 2.45) is 0 Å². The maximum Gasteiger partial charge on any atom is 0.338 e. The molecule has 0 saturated heterocycles. The maximum absolute atomic E-state index is 12.4. The van der Waals surface area contributed by atoms with Crippen molar-refractivity contribution in [3.05, 3.63) is 63.2 Å². The molecular weight excluding hydrogens is 410 g/mol. The summed E-state index contributed by atoms with van der Waals surface area (Å²) in [6.45, 7) is 1.51. The van der Waals surface area contributed by atoms with E-state index in [0.717, 1.165) is 6.07 Å². The number of ether oxygens (including phenoxy) is 3. The van der Waals surface area contributed by atoms with Crippen LogP contribution < -0.4 is 9.47 Å². The zero-order valence-electron chi connectivity index (χ0n) is 16.9. The molecule has 0 heterocycles. The number of nitro groups is 1. The number of carboxylic acids is 1. The van der Waals surface area contributed by atoms with Gasteiger partial charge in [-0.05, 0) is 31.5 Å². The first-order chi connectivity index (χ1) is 14.8. The van der Waals surface area contributed by atoms with Crippen molar-refractivity contribution in [3.63, 3.8) is 0 Å². The van der Waals surface area contributed by atoms with Crippen LogP contribution in [0, 0.1) is 10.1 Å². The highest BCUT2D eigenvalue weighted by atomic mass is 16.6. The Bertz CT molecular complexity index is 970. The Morgan fingerprint density at radius 3 is 2.42 bits per heavy atom. The van der Waals surface area contributed by atoms with Crippen LogP contribution in [0.2, 0.25) is 0 Å². The van der Waals surface area contributed by atoms with Gasteiger partial charge in [0.05, 0.1) is 35.8 Å². The van der Waals surface area contributed by atoms with Gasteiger partial charge >= 0.3 is 11.9 Å². The van der Waals surface area contributed by atoms with Crippen molar-refractivity contribution in [1.82, 2.24) is 0 Å². The highest BCUT2D eigenvalue weighted by Gasteiger charge is 2.26. The zero-order chi connectivity index (χ0) is 23.0. The second kappa shape index (κ2) is 10.7. The third kappa shape index (κ3) is 6.26. The van der Waals surface area contributed by atoms with Gasteiger partial charge in [0.2, 0.25) is 0 Å². The summed E-state index contributed by atoms with van der Waals surface area (Å²) >= 11 is 0. The fourth-order valence-electron chi connectivity index (χ4n) is 2.72. The Hall–Kier alpha value is -3.95. The van der Waals surface area contributed by atoms with E-state index in [0.29, 0.717) is 11.8 Å². The van der Waals surface area contributed by atoms with E-state index in [1.807, 2.05) is 0 Å². The predicted molar refractivity (Wildman–Crippen MR) is 108 cm³/mol. The lowest BCUT2D eigenvalue weighted by molar-refractivity contribution is -0.386. The van der Waals surface area contributed by atoms with E-state index in [4.69, 9.17) is 19.3 Å². The molecule has 0 fully saturated rings. The third-order valence-electron chi connectivity index (χ3n) is 4.31. The van der Waals surface area contributed by atoms with Gasteiger partial charge in [0.25, 0.3) is 5.69 Å². The fourth-order valence-corrected chi connectivity index (χ4v) is 2.72. The smallest absolute Gasteiger partial charge is 0.338 e. The molecule has 0 spiro atoms. The first kappa shape index (κ1) is 23.3. The molecule has 0 aliphatic rings. The van der Waals surface area contributed by atoms with Crippen LogP contribution in [0.3, 0.4) is 0 Å². The topological polar surface area (TPSA) is 142 Å². The second-order valence-corrected chi connectivity index (χ2v) is 6.45. The van der Waals surface area contributed by atoms with E-state index >= 15 is 0 Å². The van der Waals surface area contributed by atoms with Gasteiger partial charge in [-0.15, -0.1) is 0 Å². The number of methoxy groups -OCH3 is 1. The number of nitrogens with zero attached hydrogens (tertiary/aromatic N) is 1. The van der Waals surface area contributed by atoms with Gasteiger partial charge in [-0.1, -0.05) is 12.1 Å². The third-order valence-corrected chi connectivity index (χ3v) is 4.31. The van der Waals surface area contributed by atoms with E-state index < -0.39 is 23.0 Å². The van der Waals surface area contributed by atoms with Gasteiger partial charge in [0.15, 0.2) is 11.5 Å². The predicted octanol–water partition coefficient (Wildman–Crippen LogP) is 3.58. The zero-order valence-corrected chi connectivity index (χ0v) is 16.9. The number of rotatable bonds is 11. The van der Waals surface area contributed by atoms with Gasteiger partial charge in [-0.2, -0.15) is 0 Å². The van der Waals surface area contributed by atoms with E-state index in [9.17, 15) is 24.5 Å². The van der Waals surface area contributed by atoms with Gasteiger partial charge < -0.3 is 19.3 Å². The van der Waals surface area contributed by atoms with E-state index in [-0.39, 0.29) is 47.8 Å². The molecule has 10 heteroatoms. The summed E-state index contributed by atoms with van der Waals surface area (Å²) in [6.07, 6.45) is -0.249. The molecular formula is C21H21NO9. The molecule has 1 N–H and O–H groups in total. The lowest BCUT2D eigenvalue weighted by Crippen LogP contribution is -2.11. The molecule has 2 aromatic rings. The summed E-state index contributed by atoms with van der Waals surface area (Å²) < 4.78 is 16.0. The van der Waals surface area contributed by atoms with Crippen LogP contribution in [0.15, 0.2) is 36.4 Å². The van der Waals surface area contributed by atoms with Crippen LogP contribution in [0.4, 0.5) is 5.69 Å². The summed E-state index contributed by atoms with van der Waals surface area (Å²) in [4.78, 5) is 44.6. The van der Waals surface area contributed by atoms with Gasteiger partial charge in [0, 0.05) is 12.0 Å². The Morgan fingerprint density at radius 1 is 1.19 bits per heavy atom. The maximum atomic E-state index is 12.4. The summed E-state index contributed by atoms with van der Waals surface area (Å²) in [5.74, 6) is -1.44. The highest BCUT2D eigenvalue weighted by molar-refractivity contribution is 5.90. The molecule has 0 saturated carbocycles. The van der Waals surface area contributed by atoms with Crippen LogP contribution >= 0.6 is 0 Å².